The van der Waals surface area contributed by atoms with Gasteiger partial charge in [0, 0.05) is 11.8 Å². The molecule has 5 rings (SSSR count). The number of aromatic nitrogens is 5. The molecule has 5 aromatic rings. The first-order valence-electron chi connectivity index (χ1n) is 10.4. The highest BCUT2D eigenvalue weighted by Crippen LogP contribution is 2.31. The van der Waals surface area contributed by atoms with Gasteiger partial charge >= 0.3 is 0 Å². The highest BCUT2D eigenvalue weighted by molar-refractivity contribution is 7.93. The Kier molecular flexibility index (Phi) is 5.54. The Labute approximate surface area is 194 Å². The van der Waals surface area contributed by atoms with E-state index >= 15 is 0 Å². The number of hydrogen-bond donors (Lipinski definition) is 1. The third kappa shape index (κ3) is 4.13. The van der Waals surface area contributed by atoms with Gasteiger partial charge < -0.3 is 4.42 Å². The van der Waals surface area contributed by atoms with Gasteiger partial charge in [-0.25, -0.2) is 22.8 Å². The molecule has 0 saturated carbocycles. The zero-order chi connectivity index (χ0) is 23.7. The number of nitrogens with zero attached hydrogens (tertiary/aromatic N) is 5. The largest absolute Gasteiger partial charge is 0.461 e. The van der Waals surface area contributed by atoms with Crippen LogP contribution in [0.1, 0.15) is 12.7 Å². The third-order valence-corrected chi connectivity index (χ3v) is 7.01. The lowest BCUT2D eigenvalue weighted by molar-refractivity contribution is 0.575. The standard InChI is InChI=1S/C23H19FN6O3S/c1-15(12-21-25-13-17(24)14-26-21)34(31,32)29-23-28-27-22(20-10-5-11-33-20)30(23)19-9-4-7-16-6-2-3-8-18(16)19/h2-11,13-15H,12H2,1H3,(H,28,29)/t15-/m1/s1. The highest BCUT2D eigenvalue weighted by atomic mass is 32.2. The van der Waals surface area contributed by atoms with Crippen molar-refractivity contribution in [2.75, 3.05) is 4.72 Å². The smallest absolute Gasteiger partial charge is 0.243 e. The van der Waals surface area contributed by atoms with E-state index in [4.69, 9.17) is 4.42 Å². The van der Waals surface area contributed by atoms with Crippen LogP contribution in [-0.4, -0.2) is 38.4 Å². The van der Waals surface area contributed by atoms with Crippen molar-refractivity contribution in [3.05, 3.63) is 84.9 Å². The van der Waals surface area contributed by atoms with E-state index in [9.17, 15) is 12.8 Å². The number of sulfonamides is 1. The van der Waals surface area contributed by atoms with Gasteiger partial charge in [-0.05, 0) is 30.5 Å². The molecular weight excluding hydrogens is 459 g/mol. The van der Waals surface area contributed by atoms with Crippen LogP contribution in [0.2, 0.25) is 0 Å². The highest BCUT2D eigenvalue weighted by Gasteiger charge is 2.27. The Morgan fingerprint density at radius 1 is 1.03 bits per heavy atom. The number of hydrogen-bond acceptors (Lipinski definition) is 7. The lowest BCUT2D eigenvalue weighted by atomic mass is 10.1. The van der Waals surface area contributed by atoms with Crippen LogP contribution in [-0.2, 0) is 16.4 Å². The van der Waals surface area contributed by atoms with Crippen LogP contribution in [0.25, 0.3) is 28.0 Å². The Morgan fingerprint density at radius 2 is 1.79 bits per heavy atom. The average molecular weight is 479 g/mol. The number of rotatable bonds is 7. The molecule has 3 heterocycles. The normalized spacial score (nSPS) is 12.6. The van der Waals surface area contributed by atoms with E-state index < -0.39 is 21.1 Å². The van der Waals surface area contributed by atoms with Gasteiger partial charge in [0.15, 0.2) is 11.6 Å². The van der Waals surface area contributed by atoms with E-state index in [2.05, 4.69) is 24.9 Å². The SMILES string of the molecule is C[C@H](Cc1ncc(F)cn1)S(=O)(=O)Nc1nnc(-c2ccco2)n1-c1cccc2ccccc12. The molecule has 3 aromatic heterocycles. The van der Waals surface area contributed by atoms with Gasteiger partial charge in [-0.1, -0.05) is 36.4 Å². The van der Waals surface area contributed by atoms with Crippen LogP contribution < -0.4 is 4.72 Å². The molecule has 0 spiro atoms. The molecule has 0 aliphatic rings. The van der Waals surface area contributed by atoms with Crippen molar-refractivity contribution in [3.63, 3.8) is 0 Å². The van der Waals surface area contributed by atoms with Crippen LogP contribution in [0.5, 0.6) is 0 Å². The molecule has 34 heavy (non-hydrogen) atoms. The zero-order valence-electron chi connectivity index (χ0n) is 18.0. The van der Waals surface area contributed by atoms with E-state index in [1.807, 2.05) is 42.5 Å². The molecule has 172 valence electrons. The summed E-state index contributed by atoms with van der Waals surface area (Å²) in [6.45, 7) is 1.51. The number of halogens is 1. The minimum absolute atomic E-state index is 0.00891. The fourth-order valence-corrected chi connectivity index (χ4v) is 4.54. The van der Waals surface area contributed by atoms with Gasteiger partial charge in [0.1, 0.15) is 5.82 Å². The molecule has 1 N–H and O–H groups in total. The van der Waals surface area contributed by atoms with E-state index in [1.54, 1.807) is 16.7 Å². The molecule has 0 bridgehead atoms. The predicted molar refractivity (Wildman–Crippen MR) is 124 cm³/mol. The Bertz CT molecular complexity index is 1540. The molecular formula is C23H19FN6O3S. The van der Waals surface area contributed by atoms with Gasteiger partial charge in [0.2, 0.25) is 21.8 Å². The summed E-state index contributed by atoms with van der Waals surface area (Å²) in [6.07, 6.45) is 3.50. The minimum Gasteiger partial charge on any atom is -0.461 e. The van der Waals surface area contributed by atoms with Gasteiger partial charge in [0.05, 0.1) is 29.6 Å². The second-order valence-corrected chi connectivity index (χ2v) is 9.74. The fraction of sp³-hybridized carbons (Fsp3) is 0.130. The summed E-state index contributed by atoms with van der Waals surface area (Å²) in [5.74, 6) is 0.402. The Hall–Kier alpha value is -4.12. The average Bonchev–Trinajstić information content (AvgIpc) is 3.50. The fourth-order valence-electron chi connectivity index (χ4n) is 3.59. The van der Waals surface area contributed by atoms with Gasteiger partial charge in [-0.15, -0.1) is 10.2 Å². The molecule has 2 aromatic carbocycles. The molecule has 0 aliphatic carbocycles. The van der Waals surface area contributed by atoms with Crippen molar-refractivity contribution in [1.29, 1.82) is 0 Å². The second kappa shape index (κ2) is 8.67. The maximum atomic E-state index is 13.2. The quantitative estimate of drug-likeness (QED) is 0.376. The van der Waals surface area contributed by atoms with Crippen LogP contribution in [0.15, 0.2) is 77.7 Å². The van der Waals surface area contributed by atoms with E-state index in [1.165, 1.54) is 13.2 Å². The number of furan rings is 1. The summed E-state index contributed by atoms with van der Waals surface area (Å²) in [5.41, 5.74) is 0.682. The summed E-state index contributed by atoms with van der Waals surface area (Å²) < 4.78 is 49.1. The number of nitrogens with one attached hydrogen (secondary N) is 1. The Morgan fingerprint density at radius 3 is 2.56 bits per heavy atom. The summed E-state index contributed by atoms with van der Waals surface area (Å²) in [7, 11) is -3.94. The van der Waals surface area contributed by atoms with Crippen LogP contribution >= 0.6 is 0 Å². The summed E-state index contributed by atoms with van der Waals surface area (Å²) in [4.78, 5) is 7.70. The maximum absolute atomic E-state index is 13.2. The second-order valence-electron chi connectivity index (χ2n) is 7.64. The molecule has 1 atom stereocenters. The molecule has 9 nitrogen and oxygen atoms in total. The third-order valence-electron chi connectivity index (χ3n) is 5.32. The van der Waals surface area contributed by atoms with Crippen molar-refractivity contribution in [3.8, 4) is 17.3 Å². The van der Waals surface area contributed by atoms with E-state index in [0.29, 0.717) is 17.3 Å². The van der Waals surface area contributed by atoms with Crippen molar-refractivity contribution in [1.82, 2.24) is 24.7 Å². The predicted octanol–water partition coefficient (Wildman–Crippen LogP) is 3.98. The van der Waals surface area contributed by atoms with Crippen LogP contribution in [0.3, 0.4) is 0 Å². The molecule has 0 fully saturated rings. The van der Waals surface area contributed by atoms with Crippen molar-refractivity contribution >= 4 is 26.7 Å². The first-order chi connectivity index (χ1) is 16.4. The topological polar surface area (TPSA) is 116 Å². The monoisotopic (exact) mass is 478 g/mol. The van der Waals surface area contributed by atoms with Crippen molar-refractivity contribution < 1.29 is 17.2 Å². The maximum Gasteiger partial charge on any atom is 0.243 e. The zero-order valence-corrected chi connectivity index (χ0v) is 18.8. The first kappa shape index (κ1) is 21.7. The molecule has 0 radical (unpaired) electrons. The number of fused-ring (bicyclic) bond motifs is 1. The van der Waals surface area contributed by atoms with Crippen LogP contribution in [0.4, 0.5) is 10.3 Å². The molecule has 0 aliphatic heterocycles. The van der Waals surface area contributed by atoms with E-state index in [0.717, 1.165) is 23.2 Å². The summed E-state index contributed by atoms with van der Waals surface area (Å²) in [5, 5.41) is 9.25. The van der Waals surface area contributed by atoms with E-state index in [-0.39, 0.29) is 18.2 Å². The molecule has 11 heteroatoms. The lowest BCUT2D eigenvalue weighted by Crippen LogP contribution is -2.29. The number of anilines is 1. The molecule has 0 amide bonds. The lowest BCUT2D eigenvalue weighted by Gasteiger charge is -2.16. The molecule has 0 saturated heterocycles. The van der Waals surface area contributed by atoms with Gasteiger partial charge in [-0.2, -0.15) is 0 Å². The summed E-state index contributed by atoms with van der Waals surface area (Å²) >= 11 is 0. The van der Waals surface area contributed by atoms with Gasteiger partial charge in [0.25, 0.3) is 0 Å². The minimum atomic E-state index is -3.94. The Balaban J connectivity index is 1.56. The van der Waals surface area contributed by atoms with Gasteiger partial charge in [-0.3, -0.25) is 9.29 Å². The molecule has 0 unspecified atom stereocenters. The number of benzene rings is 2. The van der Waals surface area contributed by atoms with Crippen molar-refractivity contribution in [2.45, 2.75) is 18.6 Å². The van der Waals surface area contributed by atoms with Crippen molar-refractivity contribution in [2.24, 2.45) is 0 Å². The first-order valence-corrected chi connectivity index (χ1v) is 11.9. The van der Waals surface area contributed by atoms with Crippen LogP contribution in [0, 0.1) is 5.82 Å². The summed E-state index contributed by atoms with van der Waals surface area (Å²) in [6, 6.07) is 16.8.